The van der Waals surface area contributed by atoms with E-state index in [4.69, 9.17) is 5.73 Å². The summed E-state index contributed by atoms with van der Waals surface area (Å²) >= 11 is 0. The normalized spacial score (nSPS) is 21.2. The second kappa shape index (κ2) is 3.34. The molecule has 1 aromatic rings. The molecule has 1 unspecified atom stereocenters. The van der Waals surface area contributed by atoms with Crippen LogP contribution in [0.5, 0.6) is 0 Å². The Labute approximate surface area is 77.2 Å². The number of nitrogens with two attached hydrogens (primary N) is 1. The summed E-state index contributed by atoms with van der Waals surface area (Å²) in [7, 11) is 0. The summed E-state index contributed by atoms with van der Waals surface area (Å²) in [5, 5.41) is 0. The monoisotopic (exact) mass is 178 g/mol. The molecule has 2 N–H and O–H groups in total. The summed E-state index contributed by atoms with van der Waals surface area (Å²) in [6.45, 7) is 0.566. The first kappa shape index (κ1) is 8.51. The average molecular weight is 178 g/mol. The van der Waals surface area contributed by atoms with Crippen LogP contribution in [0.4, 0.5) is 0 Å². The van der Waals surface area contributed by atoms with Crippen LogP contribution in [0.15, 0.2) is 23.0 Å². The van der Waals surface area contributed by atoms with E-state index in [2.05, 4.69) is 0 Å². The number of hydrogen-bond acceptors (Lipinski definition) is 2. The largest absolute Gasteiger partial charge is 0.328 e. The van der Waals surface area contributed by atoms with Gasteiger partial charge in [0, 0.05) is 24.3 Å². The van der Waals surface area contributed by atoms with E-state index in [1.165, 1.54) is 0 Å². The molecule has 0 radical (unpaired) electrons. The van der Waals surface area contributed by atoms with Crippen molar-refractivity contribution in [2.45, 2.75) is 25.3 Å². The summed E-state index contributed by atoms with van der Waals surface area (Å²) < 4.78 is 1.85. The standard InChI is InChI=1S/C10H14N2O/c11-7-9-5-1-3-8-4-2-6-10(13)12(8)9/h2,4,6,9H,1,3,5,7,11H2. The molecule has 3 heteroatoms. The molecule has 1 atom stereocenters. The Morgan fingerprint density at radius 2 is 2.38 bits per heavy atom. The van der Waals surface area contributed by atoms with Crippen molar-refractivity contribution in [3.05, 3.63) is 34.2 Å². The Morgan fingerprint density at radius 1 is 1.54 bits per heavy atom. The smallest absolute Gasteiger partial charge is 0.251 e. The zero-order chi connectivity index (χ0) is 9.26. The highest BCUT2D eigenvalue weighted by Gasteiger charge is 2.18. The van der Waals surface area contributed by atoms with Crippen LogP contribution < -0.4 is 11.3 Å². The molecule has 2 rings (SSSR count). The predicted octanol–water partition coefficient (Wildman–Crippen LogP) is 0.684. The molecular weight excluding hydrogens is 164 g/mol. The van der Waals surface area contributed by atoms with Gasteiger partial charge in [-0.05, 0) is 25.3 Å². The first-order valence-electron chi connectivity index (χ1n) is 4.73. The number of nitrogens with zero attached hydrogens (tertiary/aromatic N) is 1. The van der Waals surface area contributed by atoms with Crippen LogP contribution in [0.3, 0.4) is 0 Å². The molecule has 3 nitrogen and oxygen atoms in total. The van der Waals surface area contributed by atoms with Crippen LogP contribution in [0, 0.1) is 0 Å². The lowest BCUT2D eigenvalue weighted by Gasteiger charge is -2.26. The Hall–Kier alpha value is -1.09. The first-order chi connectivity index (χ1) is 6.33. The molecule has 13 heavy (non-hydrogen) atoms. The van der Waals surface area contributed by atoms with Crippen molar-refractivity contribution in [3.8, 4) is 0 Å². The van der Waals surface area contributed by atoms with Crippen molar-refractivity contribution in [2.75, 3.05) is 6.54 Å². The highest BCUT2D eigenvalue weighted by atomic mass is 16.1. The van der Waals surface area contributed by atoms with E-state index in [9.17, 15) is 4.79 Å². The minimum atomic E-state index is 0.0904. The van der Waals surface area contributed by atoms with E-state index >= 15 is 0 Å². The van der Waals surface area contributed by atoms with Crippen molar-refractivity contribution in [1.82, 2.24) is 4.57 Å². The van der Waals surface area contributed by atoms with Crippen molar-refractivity contribution in [1.29, 1.82) is 0 Å². The zero-order valence-corrected chi connectivity index (χ0v) is 7.57. The fraction of sp³-hybridized carbons (Fsp3) is 0.500. The molecule has 0 saturated carbocycles. The fourth-order valence-electron chi connectivity index (χ4n) is 2.03. The molecule has 0 bridgehead atoms. The van der Waals surface area contributed by atoms with Crippen LogP contribution in [0.1, 0.15) is 24.6 Å². The van der Waals surface area contributed by atoms with Crippen LogP contribution in [-0.4, -0.2) is 11.1 Å². The summed E-state index contributed by atoms with van der Waals surface area (Å²) in [6.07, 6.45) is 3.19. The van der Waals surface area contributed by atoms with Crippen LogP contribution in [0.2, 0.25) is 0 Å². The minimum absolute atomic E-state index is 0.0904. The van der Waals surface area contributed by atoms with Gasteiger partial charge in [-0.3, -0.25) is 4.79 Å². The van der Waals surface area contributed by atoms with E-state index in [-0.39, 0.29) is 11.6 Å². The van der Waals surface area contributed by atoms with Crippen LogP contribution in [0.25, 0.3) is 0 Å². The Balaban J connectivity index is 2.53. The van der Waals surface area contributed by atoms with Gasteiger partial charge in [0.05, 0.1) is 0 Å². The van der Waals surface area contributed by atoms with Gasteiger partial charge in [0.2, 0.25) is 0 Å². The molecule has 0 saturated heterocycles. The van der Waals surface area contributed by atoms with Crippen molar-refractivity contribution in [3.63, 3.8) is 0 Å². The number of aromatic nitrogens is 1. The second-order valence-electron chi connectivity index (χ2n) is 3.51. The highest BCUT2D eigenvalue weighted by Crippen LogP contribution is 2.20. The van der Waals surface area contributed by atoms with E-state index < -0.39 is 0 Å². The van der Waals surface area contributed by atoms with Crippen molar-refractivity contribution < 1.29 is 0 Å². The maximum absolute atomic E-state index is 11.5. The second-order valence-corrected chi connectivity index (χ2v) is 3.51. The van der Waals surface area contributed by atoms with Gasteiger partial charge >= 0.3 is 0 Å². The Morgan fingerprint density at radius 3 is 3.15 bits per heavy atom. The van der Waals surface area contributed by atoms with Gasteiger partial charge in [0.25, 0.3) is 5.56 Å². The third-order valence-electron chi connectivity index (χ3n) is 2.68. The summed E-state index contributed by atoms with van der Waals surface area (Å²) in [6, 6.07) is 5.67. The fourth-order valence-corrected chi connectivity index (χ4v) is 2.03. The Bertz CT molecular complexity index is 356. The molecule has 1 aromatic heterocycles. The van der Waals surface area contributed by atoms with Gasteiger partial charge in [-0.15, -0.1) is 0 Å². The lowest BCUT2D eigenvalue weighted by molar-refractivity contribution is 0.396. The number of aryl methyl sites for hydroxylation is 1. The molecule has 1 aliphatic rings. The number of hydrogen-bond donors (Lipinski definition) is 1. The maximum atomic E-state index is 11.5. The Kier molecular flexibility index (Phi) is 2.19. The summed E-state index contributed by atoms with van der Waals surface area (Å²) in [4.78, 5) is 11.5. The van der Waals surface area contributed by atoms with Gasteiger partial charge in [0.15, 0.2) is 0 Å². The molecule has 70 valence electrons. The SMILES string of the molecule is NCC1CCCc2cccc(=O)n21. The number of fused-ring (bicyclic) bond motifs is 1. The van der Waals surface area contributed by atoms with Gasteiger partial charge in [-0.1, -0.05) is 6.07 Å². The molecular formula is C10H14N2O. The average Bonchev–Trinajstić information content (AvgIpc) is 2.17. The molecule has 0 fully saturated rings. The molecule has 0 spiro atoms. The van der Waals surface area contributed by atoms with Crippen molar-refractivity contribution in [2.24, 2.45) is 5.73 Å². The summed E-state index contributed by atoms with van der Waals surface area (Å²) in [5.41, 5.74) is 6.85. The summed E-state index contributed by atoms with van der Waals surface area (Å²) in [5.74, 6) is 0. The lowest BCUT2D eigenvalue weighted by atomic mass is 10.0. The van der Waals surface area contributed by atoms with Gasteiger partial charge in [0.1, 0.15) is 0 Å². The number of rotatable bonds is 1. The van der Waals surface area contributed by atoms with Crippen molar-refractivity contribution >= 4 is 0 Å². The van der Waals surface area contributed by atoms with Gasteiger partial charge in [-0.2, -0.15) is 0 Å². The van der Waals surface area contributed by atoms with Gasteiger partial charge in [-0.25, -0.2) is 0 Å². The van der Waals surface area contributed by atoms with E-state index in [1.54, 1.807) is 6.07 Å². The van der Waals surface area contributed by atoms with E-state index in [0.29, 0.717) is 6.54 Å². The predicted molar refractivity (Wildman–Crippen MR) is 51.7 cm³/mol. The third kappa shape index (κ3) is 1.40. The zero-order valence-electron chi connectivity index (χ0n) is 7.57. The quantitative estimate of drug-likeness (QED) is 0.687. The van der Waals surface area contributed by atoms with Crippen LogP contribution >= 0.6 is 0 Å². The van der Waals surface area contributed by atoms with E-state index in [1.807, 2.05) is 16.7 Å². The van der Waals surface area contributed by atoms with Gasteiger partial charge < -0.3 is 10.3 Å². The topological polar surface area (TPSA) is 48.0 Å². The molecule has 0 aliphatic carbocycles. The lowest BCUT2D eigenvalue weighted by Crippen LogP contribution is -2.34. The minimum Gasteiger partial charge on any atom is -0.328 e. The molecule has 0 aromatic carbocycles. The molecule has 2 heterocycles. The highest BCUT2D eigenvalue weighted by molar-refractivity contribution is 5.10. The number of pyridine rings is 1. The molecule has 1 aliphatic heterocycles. The molecule has 0 amide bonds. The van der Waals surface area contributed by atoms with E-state index in [0.717, 1.165) is 25.0 Å². The maximum Gasteiger partial charge on any atom is 0.251 e. The third-order valence-corrected chi connectivity index (χ3v) is 2.68. The first-order valence-corrected chi connectivity index (χ1v) is 4.73. The van der Waals surface area contributed by atoms with Crippen LogP contribution in [-0.2, 0) is 6.42 Å².